The lowest BCUT2D eigenvalue weighted by Gasteiger charge is -2.37. The number of fused-ring (bicyclic) bond motifs is 1. The topological polar surface area (TPSA) is 115 Å². The maximum Gasteiger partial charge on any atom is 0.326 e. The molecule has 2 aromatic rings. The van der Waals surface area contributed by atoms with Crippen molar-refractivity contribution in [1.29, 1.82) is 0 Å². The summed E-state index contributed by atoms with van der Waals surface area (Å²) in [7, 11) is 3.23. The number of nitrogens with one attached hydrogen (secondary N) is 1. The van der Waals surface area contributed by atoms with Gasteiger partial charge in [-0.3, -0.25) is 9.69 Å². The summed E-state index contributed by atoms with van der Waals surface area (Å²) in [6, 6.07) is 6.03. The second-order valence-electron chi connectivity index (χ2n) is 8.87. The average Bonchev–Trinajstić information content (AvgIpc) is 2.99. The van der Waals surface area contributed by atoms with Crippen molar-refractivity contribution in [2.24, 2.45) is 0 Å². The van der Waals surface area contributed by atoms with Crippen LogP contribution in [-0.4, -0.2) is 90.5 Å². The fourth-order valence-electron chi connectivity index (χ4n) is 4.46. The van der Waals surface area contributed by atoms with Crippen LogP contribution in [0, 0.1) is 0 Å². The fraction of sp³-hybridized carbons (Fsp3) is 0.478. The molecule has 1 aromatic carbocycles. The van der Waals surface area contributed by atoms with Crippen molar-refractivity contribution in [2.75, 3.05) is 57.5 Å². The van der Waals surface area contributed by atoms with Crippen LogP contribution in [0.2, 0.25) is 5.02 Å². The first-order chi connectivity index (χ1) is 16.2. The van der Waals surface area contributed by atoms with E-state index in [1.54, 1.807) is 25.1 Å². The van der Waals surface area contributed by atoms with Crippen LogP contribution in [0.3, 0.4) is 0 Å². The van der Waals surface area contributed by atoms with Crippen molar-refractivity contribution in [3.05, 3.63) is 29.3 Å². The van der Waals surface area contributed by atoms with E-state index in [1.807, 2.05) is 18.2 Å². The maximum absolute atomic E-state index is 13.0. The second kappa shape index (κ2) is 9.92. The maximum atomic E-state index is 13.0. The van der Waals surface area contributed by atoms with Crippen LogP contribution >= 0.6 is 11.6 Å². The number of piperazine rings is 1. The molecule has 0 radical (unpaired) electrons. The van der Waals surface area contributed by atoms with Crippen molar-refractivity contribution >= 4 is 52.0 Å². The van der Waals surface area contributed by atoms with Gasteiger partial charge < -0.3 is 25.8 Å². The van der Waals surface area contributed by atoms with Gasteiger partial charge in [0.15, 0.2) is 0 Å². The summed E-state index contributed by atoms with van der Waals surface area (Å²) in [6.45, 7) is 2.57. The van der Waals surface area contributed by atoms with Crippen LogP contribution in [0.1, 0.15) is 19.3 Å². The minimum Gasteiger partial charge on any atom is -0.384 e. The third kappa shape index (κ3) is 4.96. The van der Waals surface area contributed by atoms with E-state index >= 15 is 0 Å². The number of amides is 5. The minimum absolute atomic E-state index is 0.289. The zero-order valence-electron chi connectivity index (χ0n) is 19.5. The van der Waals surface area contributed by atoms with Crippen molar-refractivity contribution < 1.29 is 14.4 Å². The van der Waals surface area contributed by atoms with Gasteiger partial charge in [-0.05, 0) is 37.5 Å². The number of carbonyl (C=O) groups excluding carboxylic acids is 3. The molecule has 5 amide bonds. The SMILES string of the molecule is CN(C)C(=O)N1CCCC[C@H](NC(=O)N2CCN(c3cc(N)nc4cc(Cl)ccc34)CC2)C1=O. The molecule has 2 saturated heterocycles. The normalized spacial score (nSPS) is 19.2. The van der Waals surface area contributed by atoms with Gasteiger partial charge in [0.05, 0.1) is 5.52 Å². The molecule has 1 atom stereocenters. The summed E-state index contributed by atoms with van der Waals surface area (Å²) in [5, 5.41) is 4.41. The third-order valence-corrected chi connectivity index (χ3v) is 6.51. The zero-order valence-corrected chi connectivity index (χ0v) is 20.2. The Morgan fingerprint density at radius 2 is 1.85 bits per heavy atom. The van der Waals surface area contributed by atoms with E-state index in [9.17, 15) is 14.4 Å². The number of likely N-dealkylation sites (tertiary alicyclic amines) is 1. The number of imide groups is 1. The van der Waals surface area contributed by atoms with Crippen molar-refractivity contribution in [2.45, 2.75) is 25.3 Å². The number of nitrogen functional groups attached to an aromatic ring is 1. The second-order valence-corrected chi connectivity index (χ2v) is 9.30. The largest absolute Gasteiger partial charge is 0.384 e. The van der Waals surface area contributed by atoms with E-state index in [0.717, 1.165) is 29.4 Å². The summed E-state index contributed by atoms with van der Waals surface area (Å²) in [4.78, 5) is 49.2. The third-order valence-electron chi connectivity index (χ3n) is 6.28. The van der Waals surface area contributed by atoms with Gasteiger partial charge in [-0.1, -0.05) is 11.6 Å². The van der Waals surface area contributed by atoms with Crippen LogP contribution in [0.5, 0.6) is 0 Å². The van der Waals surface area contributed by atoms with Crippen LogP contribution in [0.25, 0.3) is 10.9 Å². The molecule has 1 aromatic heterocycles. The zero-order chi connectivity index (χ0) is 24.4. The first-order valence-electron chi connectivity index (χ1n) is 11.4. The van der Waals surface area contributed by atoms with E-state index in [1.165, 1.54) is 9.80 Å². The van der Waals surface area contributed by atoms with Crippen molar-refractivity contribution in [3.8, 4) is 0 Å². The Balaban J connectivity index is 1.41. The number of benzene rings is 1. The Kier molecular flexibility index (Phi) is 6.97. The number of pyridine rings is 1. The molecule has 0 aliphatic carbocycles. The van der Waals surface area contributed by atoms with Crippen LogP contribution < -0.4 is 16.0 Å². The molecule has 3 heterocycles. The lowest BCUT2D eigenvalue weighted by Crippen LogP contribution is -2.57. The standard InChI is InChI=1S/C23H30ClN7O3/c1-28(2)23(34)31-8-4-3-5-17(21(31)32)27-22(33)30-11-9-29(10-12-30)19-14-20(25)26-18-13-15(24)6-7-16(18)19/h6-7,13-14,17H,3-5,8-12H2,1-2H3,(H2,25,26)(H,27,33)/t17-/m0/s1. The Morgan fingerprint density at radius 1 is 1.12 bits per heavy atom. The number of nitrogens with two attached hydrogens (primary N) is 1. The fourth-order valence-corrected chi connectivity index (χ4v) is 4.63. The van der Waals surface area contributed by atoms with Crippen LogP contribution in [0.15, 0.2) is 24.3 Å². The van der Waals surface area contributed by atoms with Gasteiger partial charge in [0.25, 0.3) is 5.91 Å². The Hall–Kier alpha value is -3.27. The van der Waals surface area contributed by atoms with E-state index in [2.05, 4.69) is 15.2 Å². The highest BCUT2D eigenvalue weighted by atomic mass is 35.5. The molecule has 2 fully saturated rings. The van der Waals surface area contributed by atoms with E-state index in [-0.39, 0.29) is 18.0 Å². The molecule has 4 rings (SSSR count). The van der Waals surface area contributed by atoms with Crippen LogP contribution in [-0.2, 0) is 4.79 Å². The van der Waals surface area contributed by atoms with Gasteiger partial charge in [0.1, 0.15) is 11.9 Å². The van der Waals surface area contributed by atoms with Crippen LogP contribution in [0.4, 0.5) is 21.1 Å². The van der Waals surface area contributed by atoms with Gasteiger partial charge in [-0.25, -0.2) is 14.6 Å². The number of urea groups is 2. The smallest absolute Gasteiger partial charge is 0.326 e. The Morgan fingerprint density at radius 3 is 2.56 bits per heavy atom. The number of aromatic nitrogens is 1. The van der Waals surface area contributed by atoms with Gasteiger partial charge in [-0.2, -0.15) is 0 Å². The molecule has 0 saturated carbocycles. The molecule has 3 N–H and O–H groups in total. The first-order valence-corrected chi connectivity index (χ1v) is 11.8. The molecule has 34 heavy (non-hydrogen) atoms. The van der Waals surface area contributed by atoms with E-state index in [4.69, 9.17) is 17.3 Å². The highest BCUT2D eigenvalue weighted by molar-refractivity contribution is 6.31. The van der Waals surface area contributed by atoms with Gasteiger partial charge in [0, 0.05) is 69.0 Å². The number of rotatable bonds is 2. The quantitative estimate of drug-likeness (QED) is 0.672. The molecule has 0 bridgehead atoms. The highest BCUT2D eigenvalue weighted by Gasteiger charge is 2.34. The van der Waals surface area contributed by atoms with Crippen molar-refractivity contribution in [3.63, 3.8) is 0 Å². The lowest BCUT2D eigenvalue weighted by atomic mass is 10.1. The first kappa shape index (κ1) is 23.9. The summed E-state index contributed by atoms with van der Waals surface area (Å²) in [6.07, 6.45) is 2.01. The van der Waals surface area contributed by atoms with Gasteiger partial charge in [0.2, 0.25) is 0 Å². The molecule has 11 heteroatoms. The van der Waals surface area contributed by atoms with E-state index < -0.39 is 6.04 Å². The predicted molar refractivity (Wildman–Crippen MR) is 132 cm³/mol. The lowest BCUT2D eigenvalue weighted by molar-refractivity contribution is -0.130. The Labute approximate surface area is 203 Å². The van der Waals surface area contributed by atoms with E-state index in [0.29, 0.717) is 50.0 Å². The molecule has 10 nitrogen and oxygen atoms in total. The number of hydrogen-bond donors (Lipinski definition) is 2. The molecule has 2 aliphatic rings. The molecular weight excluding hydrogens is 458 g/mol. The summed E-state index contributed by atoms with van der Waals surface area (Å²) >= 11 is 6.11. The molecule has 0 spiro atoms. The average molecular weight is 488 g/mol. The number of halogens is 1. The number of carbonyl (C=O) groups is 3. The number of hydrogen-bond acceptors (Lipinski definition) is 6. The summed E-state index contributed by atoms with van der Waals surface area (Å²) in [5.74, 6) is 0.0641. The Bertz CT molecular complexity index is 1100. The summed E-state index contributed by atoms with van der Waals surface area (Å²) in [5.41, 5.74) is 7.70. The molecule has 0 unspecified atom stereocenters. The predicted octanol–water partition coefficient (Wildman–Crippen LogP) is 2.36. The molecule has 182 valence electrons. The van der Waals surface area contributed by atoms with Crippen molar-refractivity contribution in [1.82, 2.24) is 25.0 Å². The minimum atomic E-state index is -0.703. The number of nitrogens with zero attached hydrogens (tertiary/aromatic N) is 5. The van der Waals surface area contributed by atoms with Gasteiger partial charge in [-0.15, -0.1) is 0 Å². The number of anilines is 2. The van der Waals surface area contributed by atoms with Gasteiger partial charge >= 0.3 is 12.1 Å². The summed E-state index contributed by atoms with van der Waals surface area (Å²) < 4.78 is 0. The monoisotopic (exact) mass is 487 g/mol. The molecule has 2 aliphatic heterocycles. The molecular formula is C23H30ClN7O3. The highest BCUT2D eigenvalue weighted by Crippen LogP contribution is 2.30.